The van der Waals surface area contributed by atoms with Gasteiger partial charge in [-0.1, -0.05) is 206 Å². The van der Waals surface area contributed by atoms with E-state index in [1.54, 1.807) is 20.3 Å². The molecule has 0 aliphatic heterocycles. The predicted octanol–water partition coefficient (Wildman–Crippen LogP) is 22.7. The van der Waals surface area contributed by atoms with Crippen molar-refractivity contribution in [3.8, 4) is 73.2 Å². The minimum atomic E-state index is -0.676. The molecule has 6 nitrogen and oxygen atoms in total. The first-order valence-electron chi connectivity index (χ1n) is 32.2. The molecule has 14 aromatic carbocycles. The Kier molecular flexibility index (Phi) is 13.8. The van der Waals surface area contributed by atoms with Crippen LogP contribution in [0.25, 0.3) is 66.4 Å². The molecule has 95 heavy (non-hydrogen) atoms. The molecular formula is C88H61FN4O2. The Morgan fingerprint density at radius 3 is 1.45 bits per heavy atom. The normalized spacial score (nSPS) is 12.6. The van der Waals surface area contributed by atoms with Crippen LogP contribution in [0.2, 0.25) is 0 Å². The molecule has 1 spiro atoms. The molecule has 452 valence electrons. The van der Waals surface area contributed by atoms with Crippen molar-refractivity contribution in [2.45, 2.75) is 18.3 Å². The van der Waals surface area contributed by atoms with Crippen LogP contribution in [0.5, 0.6) is 11.5 Å². The van der Waals surface area contributed by atoms with Gasteiger partial charge < -0.3 is 24.2 Å². The Hall–Kier alpha value is -12.2. The molecular weight excluding hydrogens is 1160 g/mol. The van der Waals surface area contributed by atoms with Crippen LogP contribution in [-0.2, 0) is 18.3 Å². The molecule has 0 unspecified atom stereocenters. The van der Waals surface area contributed by atoms with Crippen molar-refractivity contribution in [2.75, 3.05) is 28.9 Å². The zero-order valence-corrected chi connectivity index (χ0v) is 52.3. The molecule has 0 N–H and O–H groups in total. The minimum absolute atomic E-state index is 0.284. The highest BCUT2D eigenvalue weighted by atomic mass is 19.1. The molecule has 0 heterocycles. The maximum Gasteiger partial charge on any atom is 0.131 e. The van der Waals surface area contributed by atoms with Gasteiger partial charge in [0.2, 0.25) is 0 Å². The molecule has 0 atom stereocenters. The van der Waals surface area contributed by atoms with Crippen molar-refractivity contribution in [3.05, 3.63) is 354 Å². The van der Waals surface area contributed by atoms with E-state index in [1.165, 1.54) is 61.7 Å². The van der Waals surface area contributed by atoms with Gasteiger partial charge in [0.15, 0.2) is 0 Å². The van der Waals surface area contributed by atoms with Crippen molar-refractivity contribution in [1.82, 2.24) is 0 Å². The minimum Gasteiger partial charge on any atom is -0.497 e. The monoisotopic (exact) mass is 1220 g/mol. The maximum atomic E-state index is 15.8. The third-order valence-corrected chi connectivity index (χ3v) is 19.6. The lowest BCUT2D eigenvalue weighted by Gasteiger charge is -2.37. The fourth-order valence-electron chi connectivity index (χ4n) is 15.2. The number of benzene rings is 14. The second-order valence-corrected chi connectivity index (χ2v) is 24.6. The summed E-state index contributed by atoms with van der Waals surface area (Å²) in [4.78, 5) is 7.08. The number of anilines is 9. The van der Waals surface area contributed by atoms with Gasteiger partial charge in [-0.15, -0.1) is 0 Å². The summed E-state index contributed by atoms with van der Waals surface area (Å²) in [6.45, 7) is 0. The second kappa shape index (κ2) is 23.2. The van der Waals surface area contributed by atoms with E-state index in [2.05, 4.69) is 251 Å². The molecule has 3 aliphatic rings. The van der Waals surface area contributed by atoms with Gasteiger partial charge in [-0.2, -0.15) is 5.26 Å². The largest absolute Gasteiger partial charge is 0.497 e. The molecule has 0 radical (unpaired) electrons. The SMILES string of the molecule is COc1cc(OC)cc(N(c2ccc(-c3ccccc3C#N)cc2)c2cccc(N(c3ccc(-c4ccccc4F)cc3)c3ccc(-c4ccc5c(c4)CC5)c(N(c4ccc5ccccc5c4)c4cccc5c4C4(c6ccccc6-c6ccccc64)c4ccccc4-5)c3)c2)c1. The Morgan fingerprint density at radius 1 is 0.337 bits per heavy atom. The van der Waals surface area contributed by atoms with Crippen molar-refractivity contribution in [1.29, 1.82) is 5.26 Å². The molecule has 0 aromatic heterocycles. The number of fused-ring (bicyclic) bond motifs is 12. The fraction of sp³-hybridized carbons (Fsp3) is 0.0568. The smallest absolute Gasteiger partial charge is 0.131 e. The number of halogens is 1. The number of rotatable bonds is 14. The van der Waals surface area contributed by atoms with Gasteiger partial charge >= 0.3 is 0 Å². The van der Waals surface area contributed by atoms with Gasteiger partial charge in [0.25, 0.3) is 0 Å². The Morgan fingerprint density at radius 2 is 0.832 bits per heavy atom. The summed E-state index contributed by atoms with van der Waals surface area (Å²) < 4.78 is 27.7. The lowest BCUT2D eigenvalue weighted by molar-refractivity contribution is 0.394. The van der Waals surface area contributed by atoms with Crippen molar-refractivity contribution >= 4 is 62.0 Å². The van der Waals surface area contributed by atoms with Crippen LogP contribution in [0, 0.1) is 17.1 Å². The van der Waals surface area contributed by atoms with E-state index in [9.17, 15) is 5.26 Å². The number of hydrogen-bond acceptors (Lipinski definition) is 6. The standard InChI is InChI=1S/C88H61FN4O2/c1-94-72-52-71(53-73(55-72)95-2)92(66-42-38-59(39-43-66)74-22-6-5-19-64(74)56-90)68-21-15-20-67(51-68)91(65-44-40-60(41-45-65)75-23-10-14-31-84(75)89)70-47-48-76(63-36-34-58-33-35-62(58)49-63)86(54-70)93(69-46-37-57-17-3-4-18-61(57)50-69)85-32-16-27-80-79-26-9-13-30-83(79)88(87(80)85)81-28-11-7-24-77(81)78-25-8-12-29-82(78)88/h3-32,34,36-55H,33,35H2,1-2H3. The number of nitrogens with zero attached hydrogens (tertiary/aromatic N) is 4. The zero-order chi connectivity index (χ0) is 63.7. The Labute approximate surface area is 552 Å². The topological polar surface area (TPSA) is 52.0 Å². The molecule has 7 heteroatoms. The van der Waals surface area contributed by atoms with Gasteiger partial charge in [-0.05, 0) is 181 Å². The van der Waals surface area contributed by atoms with E-state index in [0.717, 1.165) is 103 Å². The zero-order valence-electron chi connectivity index (χ0n) is 52.3. The quantitative estimate of drug-likeness (QED) is 0.108. The third kappa shape index (κ3) is 9.36. The van der Waals surface area contributed by atoms with Crippen LogP contribution in [0.15, 0.2) is 309 Å². The van der Waals surface area contributed by atoms with E-state index < -0.39 is 5.41 Å². The van der Waals surface area contributed by atoms with Crippen molar-refractivity contribution < 1.29 is 13.9 Å². The number of ether oxygens (including phenoxy) is 2. The highest BCUT2D eigenvalue weighted by Crippen LogP contribution is 2.66. The first-order chi connectivity index (χ1) is 46.9. The van der Waals surface area contributed by atoms with E-state index in [-0.39, 0.29) is 5.82 Å². The number of hydrogen-bond donors (Lipinski definition) is 0. The van der Waals surface area contributed by atoms with Gasteiger partial charge in [0.1, 0.15) is 17.3 Å². The fourth-order valence-corrected chi connectivity index (χ4v) is 15.2. The van der Waals surface area contributed by atoms with Gasteiger partial charge in [-0.25, -0.2) is 4.39 Å². The van der Waals surface area contributed by atoms with Crippen molar-refractivity contribution in [3.63, 3.8) is 0 Å². The summed E-state index contributed by atoms with van der Waals surface area (Å²) in [6.07, 6.45) is 2.10. The summed E-state index contributed by atoms with van der Waals surface area (Å²) in [5.74, 6) is 0.981. The maximum absolute atomic E-state index is 15.8. The number of aryl methyl sites for hydroxylation is 2. The van der Waals surface area contributed by atoms with Crippen LogP contribution in [0.3, 0.4) is 0 Å². The van der Waals surface area contributed by atoms with Gasteiger partial charge in [0.05, 0.1) is 48.3 Å². The first kappa shape index (κ1) is 56.7. The Bertz CT molecular complexity index is 5330. The molecule has 14 aromatic rings. The van der Waals surface area contributed by atoms with E-state index in [1.807, 2.05) is 66.7 Å². The summed E-state index contributed by atoms with van der Waals surface area (Å²) in [7, 11) is 3.33. The first-order valence-corrected chi connectivity index (χ1v) is 32.2. The number of nitriles is 1. The lowest BCUT2D eigenvalue weighted by Crippen LogP contribution is -2.28. The number of methoxy groups -OCH3 is 2. The summed E-state index contributed by atoms with van der Waals surface area (Å²) >= 11 is 0. The van der Waals surface area contributed by atoms with E-state index in [0.29, 0.717) is 22.6 Å². The average Bonchev–Trinajstić information content (AvgIpc) is 1.51. The Balaban J connectivity index is 0.925. The summed E-state index contributed by atoms with van der Waals surface area (Å²) in [5, 5.41) is 12.4. The van der Waals surface area contributed by atoms with Crippen LogP contribution >= 0.6 is 0 Å². The lowest BCUT2D eigenvalue weighted by atomic mass is 9.70. The van der Waals surface area contributed by atoms with Crippen LogP contribution in [0.1, 0.15) is 38.9 Å². The molecule has 0 saturated heterocycles. The van der Waals surface area contributed by atoms with Crippen LogP contribution < -0.4 is 24.2 Å². The van der Waals surface area contributed by atoms with Gasteiger partial charge in [0, 0.05) is 69.0 Å². The average molecular weight is 1230 g/mol. The molecule has 0 saturated carbocycles. The summed E-state index contributed by atoms with van der Waals surface area (Å²) in [6, 6.07) is 112. The molecule has 3 aliphatic carbocycles. The highest BCUT2D eigenvalue weighted by Gasteiger charge is 2.53. The third-order valence-electron chi connectivity index (χ3n) is 19.6. The van der Waals surface area contributed by atoms with E-state index in [4.69, 9.17) is 9.47 Å². The molecule has 17 rings (SSSR count). The second-order valence-electron chi connectivity index (χ2n) is 24.6. The van der Waals surface area contributed by atoms with Crippen LogP contribution in [-0.4, -0.2) is 14.2 Å². The van der Waals surface area contributed by atoms with E-state index >= 15 is 4.39 Å². The molecule has 0 amide bonds. The predicted molar refractivity (Wildman–Crippen MR) is 386 cm³/mol. The summed E-state index contributed by atoms with van der Waals surface area (Å²) in [5.41, 5.74) is 26.1. The molecule has 0 fully saturated rings. The van der Waals surface area contributed by atoms with Crippen molar-refractivity contribution in [2.24, 2.45) is 0 Å². The van der Waals surface area contributed by atoms with Gasteiger partial charge in [-0.3, -0.25) is 0 Å². The highest BCUT2D eigenvalue weighted by molar-refractivity contribution is 6.03. The molecule has 0 bridgehead atoms. The van der Waals surface area contributed by atoms with Crippen LogP contribution in [0.4, 0.5) is 55.6 Å².